The van der Waals surface area contributed by atoms with Gasteiger partial charge in [0.15, 0.2) is 5.65 Å². The molecule has 0 radical (unpaired) electrons. The third-order valence-corrected chi connectivity index (χ3v) is 5.10. The van der Waals surface area contributed by atoms with Crippen LogP contribution in [0.25, 0.3) is 16.8 Å². The number of nitrogen functional groups attached to an aromatic ring is 1. The Morgan fingerprint density at radius 2 is 2.00 bits per heavy atom. The molecule has 1 aliphatic rings. The van der Waals surface area contributed by atoms with Gasteiger partial charge >= 0.3 is 0 Å². The van der Waals surface area contributed by atoms with Crippen LogP contribution in [-0.4, -0.2) is 24.4 Å². The summed E-state index contributed by atoms with van der Waals surface area (Å²) in [5, 5.41) is 8.63. The molecule has 3 aromatic rings. The summed E-state index contributed by atoms with van der Waals surface area (Å²) in [6, 6.07) is 1.97. The number of nitrogens with two attached hydrogens (primary N) is 1. The highest BCUT2D eigenvalue weighted by molar-refractivity contribution is 5.77. The molecular formula is C18H24N6. The highest BCUT2D eigenvalue weighted by Crippen LogP contribution is 2.28. The number of rotatable bonds is 4. The first-order chi connectivity index (χ1) is 11.7. The Morgan fingerprint density at radius 3 is 2.75 bits per heavy atom. The maximum absolute atomic E-state index is 6.20. The number of fused-ring (bicyclic) bond motifs is 1. The molecule has 6 heteroatoms. The fraction of sp³-hybridized carbons (Fsp3) is 0.500. The lowest BCUT2D eigenvalue weighted by molar-refractivity contribution is 0.338. The van der Waals surface area contributed by atoms with Crippen molar-refractivity contribution < 1.29 is 0 Å². The van der Waals surface area contributed by atoms with E-state index < -0.39 is 0 Å². The van der Waals surface area contributed by atoms with Gasteiger partial charge in [0.1, 0.15) is 5.82 Å². The van der Waals surface area contributed by atoms with E-state index in [4.69, 9.17) is 10.7 Å². The van der Waals surface area contributed by atoms with Crippen molar-refractivity contribution in [1.29, 1.82) is 0 Å². The van der Waals surface area contributed by atoms with Crippen LogP contribution in [0, 0.1) is 5.92 Å². The summed E-state index contributed by atoms with van der Waals surface area (Å²) in [7, 11) is 1.91. The number of aryl methyl sites for hydroxylation is 2. The van der Waals surface area contributed by atoms with E-state index in [0.29, 0.717) is 5.82 Å². The Balaban J connectivity index is 1.62. The van der Waals surface area contributed by atoms with Gasteiger partial charge in [-0.25, -0.2) is 4.98 Å². The molecule has 126 valence electrons. The van der Waals surface area contributed by atoms with Crippen LogP contribution in [-0.2, 0) is 13.5 Å². The SMILES string of the molecule is Cn1cc(-c2cnn3c(N)cc(CCC4CCCCC4)nc23)cn1. The summed E-state index contributed by atoms with van der Waals surface area (Å²) < 4.78 is 3.50. The van der Waals surface area contributed by atoms with Gasteiger partial charge < -0.3 is 5.73 Å². The zero-order valence-corrected chi connectivity index (χ0v) is 14.1. The molecule has 1 saturated carbocycles. The first-order valence-electron chi connectivity index (χ1n) is 8.83. The summed E-state index contributed by atoms with van der Waals surface area (Å²) in [4.78, 5) is 4.85. The Bertz CT molecular complexity index is 840. The molecule has 3 heterocycles. The third kappa shape index (κ3) is 2.88. The minimum Gasteiger partial charge on any atom is -0.384 e. The first-order valence-corrected chi connectivity index (χ1v) is 8.83. The fourth-order valence-corrected chi connectivity index (χ4v) is 3.76. The van der Waals surface area contributed by atoms with Gasteiger partial charge in [0.05, 0.1) is 12.4 Å². The lowest BCUT2D eigenvalue weighted by Crippen LogP contribution is -2.09. The topological polar surface area (TPSA) is 74.0 Å². The van der Waals surface area contributed by atoms with E-state index in [0.717, 1.165) is 34.8 Å². The van der Waals surface area contributed by atoms with Crippen LogP contribution in [0.1, 0.15) is 44.2 Å². The molecule has 0 aromatic carbocycles. The summed E-state index contributed by atoms with van der Waals surface area (Å²) in [5.74, 6) is 1.49. The van der Waals surface area contributed by atoms with E-state index in [9.17, 15) is 0 Å². The molecule has 1 fully saturated rings. The second-order valence-electron chi connectivity index (χ2n) is 6.91. The molecule has 4 rings (SSSR count). The van der Waals surface area contributed by atoms with E-state index in [2.05, 4.69) is 10.2 Å². The first kappa shape index (κ1) is 15.2. The largest absolute Gasteiger partial charge is 0.384 e. The predicted molar refractivity (Wildman–Crippen MR) is 94.5 cm³/mol. The van der Waals surface area contributed by atoms with Gasteiger partial charge in [0, 0.05) is 36.1 Å². The Morgan fingerprint density at radius 1 is 1.17 bits per heavy atom. The standard InChI is InChI=1S/C18H24N6/c1-23-12-14(10-20-23)16-11-21-24-17(19)9-15(22-18(16)24)8-7-13-5-3-2-4-6-13/h9-13H,2-8,19H2,1H3. The molecule has 0 spiro atoms. The fourth-order valence-electron chi connectivity index (χ4n) is 3.76. The van der Waals surface area contributed by atoms with Crippen molar-refractivity contribution in [2.24, 2.45) is 13.0 Å². The normalized spacial score (nSPS) is 16.0. The van der Waals surface area contributed by atoms with Gasteiger partial charge in [-0.1, -0.05) is 32.1 Å². The number of hydrogen-bond donors (Lipinski definition) is 1. The smallest absolute Gasteiger partial charge is 0.165 e. The zero-order valence-electron chi connectivity index (χ0n) is 14.1. The average molecular weight is 324 g/mol. The molecule has 0 amide bonds. The number of nitrogens with zero attached hydrogens (tertiary/aromatic N) is 5. The molecule has 0 aliphatic heterocycles. The number of hydrogen-bond acceptors (Lipinski definition) is 4. The lowest BCUT2D eigenvalue weighted by atomic mass is 9.86. The molecule has 6 nitrogen and oxygen atoms in total. The highest BCUT2D eigenvalue weighted by Gasteiger charge is 2.16. The van der Waals surface area contributed by atoms with Crippen molar-refractivity contribution in [3.05, 3.63) is 30.4 Å². The molecule has 2 N–H and O–H groups in total. The Kier molecular flexibility index (Phi) is 3.96. The molecule has 0 unspecified atom stereocenters. The minimum absolute atomic E-state index is 0.647. The summed E-state index contributed by atoms with van der Waals surface area (Å²) in [5.41, 5.74) is 10.1. The molecule has 3 aromatic heterocycles. The summed E-state index contributed by atoms with van der Waals surface area (Å²) >= 11 is 0. The van der Waals surface area contributed by atoms with E-state index in [1.165, 1.54) is 38.5 Å². The number of anilines is 1. The van der Waals surface area contributed by atoms with E-state index in [1.807, 2.05) is 31.7 Å². The predicted octanol–water partition coefficient (Wildman–Crippen LogP) is 3.22. The van der Waals surface area contributed by atoms with Crippen LogP contribution in [0.3, 0.4) is 0 Å². The Labute approximate surface area is 141 Å². The zero-order chi connectivity index (χ0) is 16.5. The third-order valence-electron chi connectivity index (χ3n) is 5.10. The molecule has 0 saturated heterocycles. The van der Waals surface area contributed by atoms with Crippen LogP contribution in [0.4, 0.5) is 5.82 Å². The van der Waals surface area contributed by atoms with Gasteiger partial charge in [0.2, 0.25) is 0 Å². The lowest BCUT2D eigenvalue weighted by Gasteiger charge is -2.21. The maximum atomic E-state index is 6.20. The van der Waals surface area contributed by atoms with Crippen molar-refractivity contribution in [2.45, 2.75) is 44.9 Å². The van der Waals surface area contributed by atoms with E-state index >= 15 is 0 Å². The van der Waals surface area contributed by atoms with Crippen LogP contribution in [0.2, 0.25) is 0 Å². The van der Waals surface area contributed by atoms with Crippen LogP contribution < -0.4 is 5.73 Å². The summed E-state index contributed by atoms with van der Waals surface area (Å²) in [6.07, 6.45) is 14.7. The van der Waals surface area contributed by atoms with Crippen molar-refractivity contribution in [3.63, 3.8) is 0 Å². The van der Waals surface area contributed by atoms with Gasteiger partial charge in [-0.05, 0) is 18.8 Å². The van der Waals surface area contributed by atoms with Crippen LogP contribution in [0.5, 0.6) is 0 Å². The van der Waals surface area contributed by atoms with Crippen LogP contribution in [0.15, 0.2) is 24.7 Å². The summed E-state index contributed by atoms with van der Waals surface area (Å²) in [6.45, 7) is 0. The van der Waals surface area contributed by atoms with Gasteiger partial charge in [-0.3, -0.25) is 4.68 Å². The maximum Gasteiger partial charge on any atom is 0.165 e. The van der Waals surface area contributed by atoms with Crippen molar-refractivity contribution >= 4 is 11.5 Å². The van der Waals surface area contributed by atoms with Crippen LogP contribution >= 0.6 is 0 Å². The van der Waals surface area contributed by atoms with Crippen molar-refractivity contribution in [2.75, 3.05) is 5.73 Å². The molecule has 24 heavy (non-hydrogen) atoms. The highest BCUT2D eigenvalue weighted by atomic mass is 15.3. The number of aromatic nitrogens is 5. The molecular weight excluding hydrogens is 300 g/mol. The minimum atomic E-state index is 0.647. The van der Waals surface area contributed by atoms with E-state index in [-0.39, 0.29) is 0 Å². The monoisotopic (exact) mass is 324 g/mol. The molecule has 0 bridgehead atoms. The second kappa shape index (κ2) is 6.26. The molecule has 0 atom stereocenters. The van der Waals surface area contributed by atoms with E-state index in [1.54, 1.807) is 9.20 Å². The average Bonchev–Trinajstić information content (AvgIpc) is 3.20. The molecule has 1 aliphatic carbocycles. The second-order valence-corrected chi connectivity index (χ2v) is 6.91. The van der Waals surface area contributed by atoms with Gasteiger partial charge in [-0.2, -0.15) is 14.7 Å². The van der Waals surface area contributed by atoms with Crippen molar-refractivity contribution in [3.8, 4) is 11.1 Å². The quantitative estimate of drug-likeness (QED) is 0.799. The van der Waals surface area contributed by atoms with Gasteiger partial charge in [0.25, 0.3) is 0 Å². The Hall–Kier alpha value is -2.37. The van der Waals surface area contributed by atoms with Crippen molar-refractivity contribution in [1.82, 2.24) is 24.4 Å². The van der Waals surface area contributed by atoms with Gasteiger partial charge in [-0.15, -0.1) is 0 Å².